The summed E-state index contributed by atoms with van der Waals surface area (Å²) < 4.78 is 40.1. The Morgan fingerprint density at radius 3 is 2.47 bits per heavy atom. The van der Waals surface area contributed by atoms with Crippen LogP contribution in [0.5, 0.6) is 5.75 Å². The quantitative estimate of drug-likeness (QED) is 0.193. The fraction of sp³-hybridized carbons (Fsp3) is 0.357. The maximum Gasteiger partial charge on any atom is 0.271 e. The largest absolute Gasteiger partial charge is 0.508 e. The number of rotatable bonds is 7. The molecule has 9 rings (SSSR count). The van der Waals surface area contributed by atoms with Crippen LogP contribution in [0.2, 0.25) is 0 Å². The van der Waals surface area contributed by atoms with Gasteiger partial charge in [0, 0.05) is 100 Å². The van der Waals surface area contributed by atoms with Gasteiger partial charge in [0.05, 0.1) is 10.9 Å². The summed E-state index contributed by atoms with van der Waals surface area (Å²) in [5, 5.41) is 17.5. The summed E-state index contributed by atoms with van der Waals surface area (Å²) in [4.78, 5) is 33.6. The number of piperazine rings is 1. The molecular formula is C42H40F2N8O3. The molecule has 3 aliphatic rings. The van der Waals surface area contributed by atoms with Gasteiger partial charge in [-0.25, -0.2) is 18.7 Å². The molecule has 55 heavy (non-hydrogen) atoms. The van der Waals surface area contributed by atoms with Crippen molar-refractivity contribution in [1.29, 1.82) is 0 Å². The van der Waals surface area contributed by atoms with Gasteiger partial charge in [-0.15, -0.1) is 6.42 Å². The Kier molecular flexibility index (Phi) is 8.43. The molecule has 3 aromatic heterocycles. The number of pyridine rings is 1. The van der Waals surface area contributed by atoms with Crippen LogP contribution >= 0.6 is 0 Å². The molecule has 1 aliphatic carbocycles. The van der Waals surface area contributed by atoms with Crippen LogP contribution in [0, 0.1) is 29.9 Å². The maximum absolute atomic E-state index is 17.9. The molecule has 280 valence electrons. The number of aryl methyl sites for hydroxylation is 1. The van der Waals surface area contributed by atoms with Crippen LogP contribution in [0.15, 0.2) is 48.8 Å². The SMILES string of the molecule is C#Cc1c(F)ccc2cc(O)cc(-c3c(F)c4nc(-c5ccc(C(=O)N(C)C)nc5)nc(N5[C@@H]6CC[C@H]5CN(C5CC(COC)C5)C6)c4c4cn(C)nc34)c12. The van der Waals surface area contributed by atoms with Crippen LogP contribution in [0.25, 0.3) is 55.1 Å². The molecule has 3 fully saturated rings. The first-order valence-electron chi connectivity index (χ1n) is 18.5. The van der Waals surface area contributed by atoms with E-state index in [1.165, 1.54) is 35.4 Å². The number of ether oxygens (including phenoxy) is 1. The van der Waals surface area contributed by atoms with Crippen molar-refractivity contribution in [1.82, 2.24) is 34.5 Å². The Bertz CT molecular complexity index is 2560. The van der Waals surface area contributed by atoms with Crippen molar-refractivity contribution in [2.45, 2.75) is 43.8 Å². The van der Waals surface area contributed by atoms with E-state index < -0.39 is 11.6 Å². The second kappa shape index (κ2) is 13.2. The monoisotopic (exact) mass is 742 g/mol. The van der Waals surface area contributed by atoms with Crippen molar-refractivity contribution >= 4 is 44.3 Å². The van der Waals surface area contributed by atoms with Crippen LogP contribution in [-0.2, 0) is 11.8 Å². The van der Waals surface area contributed by atoms with E-state index in [1.807, 2.05) is 6.20 Å². The van der Waals surface area contributed by atoms with Crippen LogP contribution in [0.4, 0.5) is 14.6 Å². The fourth-order valence-electron chi connectivity index (χ4n) is 9.09. The van der Waals surface area contributed by atoms with E-state index in [0.29, 0.717) is 45.0 Å². The molecule has 1 N–H and O–H groups in total. The molecule has 2 atom stereocenters. The predicted octanol–water partition coefficient (Wildman–Crippen LogP) is 6.14. The summed E-state index contributed by atoms with van der Waals surface area (Å²) in [7, 11) is 6.83. The smallest absolute Gasteiger partial charge is 0.271 e. The Morgan fingerprint density at radius 2 is 1.80 bits per heavy atom. The van der Waals surface area contributed by atoms with Crippen LogP contribution < -0.4 is 4.90 Å². The Balaban J connectivity index is 1.28. The lowest BCUT2D eigenvalue weighted by Crippen LogP contribution is -2.59. The van der Waals surface area contributed by atoms with Gasteiger partial charge >= 0.3 is 0 Å². The van der Waals surface area contributed by atoms with Crippen molar-refractivity contribution in [3.8, 4) is 40.6 Å². The second-order valence-corrected chi connectivity index (χ2v) is 15.3. The number of likely N-dealkylation sites (tertiary alicyclic amines) is 1. The highest BCUT2D eigenvalue weighted by Gasteiger charge is 2.46. The number of fused-ring (bicyclic) bond motifs is 6. The molecule has 11 nitrogen and oxygen atoms in total. The van der Waals surface area contributed by atoms with E-state index in [4.69, 9.17) is 26.2 Å². The van der Waals surface area contributed by atoms with E-state index in [9.17, 15) is 9.90 Å². The highest BCUT2D eigenvalue weighted by atomic mass is 19.1. The third-order valence-electron chi connectivity index (χ3n) is 11.6. The predicted molar refractivity (Wildman–Crippen MR) is 207 cm³/mol. The standard InChI is InChI=1S/C42H40F2N8O3/c1-6-29-32(43)11-7-23-15-28(53)16-30(34(23)29)35-37(44)39-36(31-20-50(4)48-38(31)35)41(47-40(46-39)24-8-12-33(45-17-24)42(54)49(2)3)52-25-9-10-26(52)19-51(18-25)27-13-22(14-27)21-55-5/h1,7-8,11-12,15-17,20,22,25-27,53H,9-10,13-14,18-19,21H2,2-5H3/t22?,25-,26+,27?. The van der Waals surface area contributed by atoms with E-state index in [1.54, 1.807) is 45.1 Å². The van der Waals surface area contributed by atoms with Gasteiger partial charge in [0.1, 0.15) is 34.1 Å². The summed E-state index contributed by atoms with van der Waals surface area (Å²) >= 11 is 0. The van der Waals surface area contributed by atoms with Gasteiger partial charge in [0.15, 0.2) is 11.6 Å². The number of amides is 1. The Morgan fingerprint density at radius 1 is 1.04 bits per heavy atom. The minimum atomic E-state index is -0.706. The molecule has 2 bridgehead atoms. The van der Waals surface area contributed by atoms with E-state index >= 15 is 8.78 Å². The van der Waals surface area contributed by atoms with E-state index in [0.717, 1.165) is 45.4 Å². The van der Waals surface area contributed by atoms with Gasteiger partial charge in [-0.1, -0.05) is 12.0 Å². The minimum absolute atomic E-state index is 0.0372. The number of halogens is 2. The van der Waals surface area contributed by atoms with Gasteiger partial charge in [-0.05, 0) is 72.9 Å². The van der Waals surface area contributed by atoms with Gasteiger partial charge < -0.3 is 19.6 Å². The first-order valence-corrected chi connectivity index (χ1v) is 18.5. The van der Waals surface area contributed by atoms with Crippen molar-refractivity contribution < 1.29 is 23.4 Å². The minimum Gasteiger partial charge on any atom is -0.508 e. The normalized spacial score (nSPS) is 21.0. The third-order valence-corrected chi connectivity index (χ3v) is 11.6. The van der Waals surface area contributed by atoms with E-state index in [2.05, 4.69) is 20.7 Å². The first kappa shape index (κ1) is 35.0. The Hall–Kier alpha value is -5.71. The number of carbonyl (C=O) groups excluding carboxylic acids is 1. The number of carbonyl (C=O) groups is 1. The number of nitrogens with zero attached hydrogens (tertiary/aromatic N) is 8. The Labute approximate surface area is 316 Å². The number of anilines is 1. The summed E-state index contributed by atoms with van der Waals surface area (Å²) in [6, 6.07) is 9.73. The highest BCUT2D eigenvalue weighted by molar-refractivity contribution is 6.18. The number of aromatic hydroxyl groups is 1. The van der Waals surface area contributed by atoms with Gasteiger partial charge in [0.2, 0.25) is 0 Å². The number of phenols is 1. The summed E-state index contributed by atoms with van der Waals surface area (Å²) in [5.74, 6) is 2.13. The molecule has 6 aromatic rings. The number of terminal acetylenes is 1. The van der Waals surface area contributed by atoms with Gasteiger partial charge in [0.25, 0.3) is 5.91 Å². The molecule has 13 heteroatoms. The van der Waals surface area contributed by atoms with Crippen LogP contribution in [0.3, 0.4) is 0 Å². The number of aromatic nitrogens is 5. The molecule has 5 heterocycles. The topological polar surface area (TPSA) is 113 Å². The molecule has 2 aliphatic heterocycles. The molecule has 1 amide bonds. The molecule has 0 spiro atoms. The van der Waals surface area contributed by atoms with Crippen molar-refractivity contribution in [3.63, 3.8) is 0 Å². The fourth-order valence-corrected chi connectivity index (χ4v) is 9.09. The zero-order valence-electron chi connectivity index (χ0n) is 31.1. The number of benzene rings is 3. The molecule has 0 unspecified atom stereocenters. The average molecular weight is 743 g/mol. The number of hydrogen-bond acceptors (Lipinski definition) is 9. The lowest BCUT2D eigenvalue weighted by molar-refractivity contribution is 0.0199. The summed E-state index contributed by atoms with van der Waals surface area (Å²) in [5.41, 5.74) is 1.30. The molecule has 1 saturated carbocycles. The number of hydrogen-bond donors (Lipinski definition) is 1. The molecule has 0 radical (unpaired) electrons. The lowest BCUT2D eigenvalue weighted by Gasteiger charge is -2.49. The zero-order valence-corrected chi connectivity index (χ0v) is 31.1. The first-order chi connectivity index (χ1) is 26.5. The van der Waals surface area contributed by atoms with Crippen molar-refractivity contribution in [3.05, 3.63) is 71.7 Å². The number of methoxy groups -OCH3 is 1. The third kappa shape index (κ3) is 5.65. The van der Waals surface area contributed by atoms with Gasteiger partial charge in [-0.2, -0.15) is 5.10 Å². The van der Waals surface area contributed by atoms with Crippen molar-refractivity contribution in [2.24, 2.45) is 13.0 Å². The maximum atomic E-state index is 17.9. The molecule has 3 aromatic carbocycles. The van der Waals surface area contributed by atoms with Gasteiger partial charge in [-0.3, -0.25) is 19.4 Å². The van der Waals surface area contributed by atoms with Crippen LogP contribution in [0.1, 0.15) is 41.7 Å². The molecular weight excluding hydrogens is 703 g/mol. The molecule has 2 saturated heterocycles. The van der Waals surface area contributed by atoms with Crippen LogP contribution in [-0.4, -0.2) is 105 Å². The lowest BCUT2D eigenvalue weighted by atomic mass is 9.79. The summed E-state index contributed by atoms with van der Waals surface area (Å²) in [6.45, 7) is 2.50. The van der Waals surface area contributed by atoms with Crippen molar-refractivity contribution in [2.75, 3.05) is 45.8 Å². The average Bonchev–Trinajstić information content (AvgIpc) is 3.66. The zero-order chi connectivity index (χ0) is 38.3. The van der Waals surface area contributed by atoms with E-state index in [-0.39, 0.29) is 62.9 Å². The highest BCUT2D eigenvalue weighted by Crippen LogP contribution is 2.47. The second-order valence-electron chi connectivity index (χ2n) is 15.3. The number of phenolic OH excluding ortho intramolecular Hbond substituents is 1. The summed E-state index contributed by atoms with van der Waals surface area (Å²) in [6.07, 6.45) is 13.4.